The number of aryl methyl sites for hydroxylation is 2. The molecule has 0 fully saturated rings. The van der Waals surface area contributed by atoms with Crippen LogP contribution in [0.25, 0.3) is 5.65 Å². The van der Waals surface area contributed by atoms with E-state index < -0.39 is 0 Å². The number of hydrogen-bond acceptors (Lipinski definition) is 2. The summed E-state index contributed by atoms with van der Waals surface area (Å²) < 4.78 is 2.15. The Kier molecular flexibility index (Phi) is 3.81. The summed E-state index contributed by atoms with van der Waals surface area (Å²) in [6.45, 7) is 2.67. The average molecular weight is 319 g/mol. The van der Waals surface area contributed by atoms with Gasteiger partial charge in [-0.05, 0) is 37.0 Å². The van der Waals surface area contributed by atoms with Crippen molar-refractivity contribution in [2.45, 2.75) is 32.7 Å². The quantitative estimate of drug-likeness (QED) is 0.806. The molecule has 0 aliphatic heterocycles. The third-order valence-electron chi connectivity index (χ3n) is 4.80. The first kappa shape index (κ1) is 14.9. The lowest BCUT2D eigenvalue weighted by molar-refractivity contribution is -0.125. The third-order valence-corrected chi connectivity index (χ3v) is 4.80. The molecule has 2 heterocycles. The van der Waals surface area contributed by atoms with Crippen LogP contribution in [0.4, 0.5) is 0 Å². The molecule has 1 unspecified atom stereocenters. The highest BCUT2D eigenvalue weighted by atomic mass is 16.1. The topological polar surface area (TPSA) is 46.4 Å². The number of benzene rings is 1. The molecule has 4 rings (SSSR count). The number of aromatic nitrogens is 2. The van der Waals surface area contributed by atoms with Crippen molar-refractivity contribution in [3.05, 3.63) is 71.2 Å². The molecule has 0 bridgehead atoms. The Morgan fingerprint density at radius 2 is 2.08 bits per heavy atom. The molecule has 4 heteroatoms. The number of amides is 1. The molecule has 1 N–H and O–H groups in total. The van der Waals surface area contributed by atoms with E-state index in [-0.39, 0.29) is 11.8 Å². The fourth-order valence-corrected chi connectivity index (χ4v) is 3.46. The summed E-state index contributed by atoms with van der Waals surface area (Å²) in [6, 6.07) is 14.2. The maximum Gasteiger partial charge on any atom is 0.223 e. The predicted octanol–water partition coefficient (Wildman–Crippen LogP) is 3.06. The Morgan fingerprint density at radius 1 is 1.25 bits per heavy atom. The second-order valence-electron chi connectivity index (χ2n) is 6.58. The van der Waals surface area contributed by atoms with E-state index in [1.54, 1.807) is 0 Å². The fourth-order valence-electron chi connectivity index (χ4n) is 3.46. The van der Waals surface area contributed by atoms with Gasteiger partial charge in [0.15, 0.2) is 0 Å². The molecule has 1 aromatic carbocycles. The average Bonchev–Trinajstić information content (AvgIpc) is 2.97. The first-order chi connectivity index (χ1) is 11.7. The van der Waals surface area contributed by atoms with Gasteiger partial charge >= 0.3 is 0 Å². The maximum atomic E-state index is 12.6. The number of imidazole rings is 1. The van der Waals surface area contributed by atoms with Crippen LogP contribution in [0, 0.1) is 12.8 Å². The molecule has 1 amide bonds. The van der Waals surface area contributed by atoms with Gasteiger partial charge in [-0.25, -0.2) is 4.98 Å². The minimum absolute atomic E-state index is 0.0293. The van der Waals surface area contributed by atoms with Crippen LogP contribution in [0.2, 0.25) is 0 Å². The minimum atomic E-state index is 0.0293. The van der Waals surface area contributed by atoms with Gasteiger partial charge in [0, 0.05) is 30.8 Å². The fraction of sp³-hybridized carbons (Fsp3) is 0.300. The normalized spacial score (nSPS) is 16.8. The number of nitrogens with zero attached hydrogens (tertiary/aromatic N) is 2. The second-order valence-corrected chi connectivity index (χ2v) is 6.58. The lowest BCUT2D eigenvalue weighted by atomic mass is 9.89. The van der Waals surface area contributed by atoms with E-state index in [2.05, 4.69) is 35.0 Å². The predicted molar refractivity (Wildman–Crippen MR) is 93.7 cm³/mol. The number of fused-ring (bicyclic) bond motifs is 3. The van der Waals surface area contributed by atoms with Crippen molar-refractivity contribution in [1.82, 2.24) is 14.7 Å². The van der Waals surface area contributed by atoms with Crippen molar-refractivity contribution in [3.8, 4) is 0 Å². The van der Waals surface area contributed by atoms with E-state index in [0.29, 0.717) is 6.54 Å². The molecule has 0 saturated carbocycles. The molecule has 1 aliphatic carbocycles. The summed E-state index contributed by atoms with van der Waals surface area (Å²) in [4.78, 5) is 17.3. The van der Waals surface area contributed by atoms with Crippen LogP contribution in [0.5, 0.6) is 0 Å². The number of hydrogen-bond donors (Lipinski definition) is 1. The summed E-state index contributed by atoms with van der Waals surface area (Å²) in [5, 5.41) is 3.08. The van der Waals surface area contributed by atoms with Gasteiger partial charge in [-0.3, -0.25) is 4.79 Å². The van der Waals surface area contributed by atoms with Gasteiger partial charge in [0.25, 0.3) is 0 Å². The summed E-state index contributed by atoms with van der Waals surface area (Å²) in [5.74, 6) is 0.175. The van der Waals surface area contributed by atoms with Crippen LogP contribution >= 0.6 is 0 Å². The van der Waals surface area contributed by atoms with Crippen LogP contribution in [0.1, 0.15) is 28.9 Å². The van der Waals surface area contributed by atoms with Crippen molar-refractivity contribution in [2.24, 2.45) is 5.92 Å². The van der Waals surface area contributed by atoms with E-state index in [1.807, 2.05) is 30.3 Å². The maximum absolute atomic E-state index is 12.6. The molecule has 0 radical (unpaired) electrons. The van der Waals surface area contributed by atoms with Crippen LogP contribution in [-0.2, 0) is 24.2 Å². The molecular weight excluding hydrogens is 298 g/mol. The number of rotatable bonds is 3. The largest absolute Gasteiger partial charge is 0.352 e. The van der Waals surface area contributed by atoms with E-state index in [0.717, 1.165) is 36.2 Å². The van der Waals surface area contributed by atoms with Crippen LogP contribution in [0.3, 0.4) is 0 Å². The van der Waals surface area contributed by atoms with Crippen LogP contribution in [-0.4, -0.2) is 15.3 Å². The highest BCUT2D eigenvalue weighted by Crippen LogP contribution is 2.27. The Hall–Kier alpha value is -2.62. The van der Waals surface area contributed by atoms with E-state index in [4.69, 9.17) is 4.98 Å². The Bertz CT molecular complexity index is 883. The molecule has 1 aliphatic rings. The van der Waals surface area contributed by atoms with Gasteiger partial charge in [0.05, 0.1) is 5.69 Å². The molecule has 122 valence electrons. The lowest BCUT2D eigenvalue weighted by Crippen LogP contribution is -2.34. The molecule has 4 nitrogen and oxygen atoms in total. The summed E-state index contributed by atoms with van der Waals surface area (Å²) in [7, 11) is 0. The van der Waals surface area contributed by atoms with E-state index >= 15 is 0 Å². The van der Waals surface area contributed by atoms with Crippen LogP contribution in [0.15, 0.2) is 48.7 Å². The first-order valence-electron chi connectivity index (χ1n) is 8.49. The van der Waals surface area contributed by atoms with Crippen molar-refractivity contribution in [3.63, 3.8) is 0 Å². The Morgan fingerprint density at radius 3 is 2.92 bits per heavy atom. The van der Waals surface area contributed by atoms with Gasteiger partial charge < -0.3 is 9.72 Å². The molecule has 24 heavy (non-hydrogen) atoms. The second kappa shape index (κ2) is 6.11. The third kappa shape index (κ3) is 2.80. The molecule has 3 aromatic rings. The Labute approximate surface area is 141 Å². The van der Waals surface area contributed by atoms with Crippen LogP contribution < -0.4 is 5.32 Å². The van der Waals surface area contributed by atoms with Gasteiger partial charge in [-0.1, -0.05) is 36.4 Å². The molecule has 2 aromatic heterocycles. The SMILES string of the molecule is Cc1ccc2nc3c(n2c1)CC(C(=O)NCc1ccccc1)CC3. The lowest BCUT2D eigenvalue weighted by Gasteiger charge is -2.21. The van der Waals surface area contributed by atoms with E-state index in [9.17, 15) is 4.79 Å². The summed E-state index contributed by atoms with van der Waals surface area (Å²) in [6.07, 6.45) is 4.63. The van der Waals surface area contributed by atoms with Gasteiger partial charge in [-0.15, -0.1) is 0 Å². The minimum Gasteiger partial charge on any atom is -0.352 e. The van der Waals surface area contributed by atoms with Crippen molar-refractivity contribution < 1.29 is 4.79 Å². The molecule has 0 spiro atoms. The molecule has 0 saturated heterocycles. The number of carbonyl (C=O) groups is 1. The van der Waals surface area contributed by atoms with Gasteiger partial charge in [0.2, 0.25) is 5.91 Å². The smallest absolute Gasteiger partial charge is 0.223 e. The Balaban J connectivity index is 1.50. The molecular formula is C20H21N3O. The number of pyridine rings is 1. The molecule has 1 atom stereocenters. The zero-order valence-electron chi connectivity index (χ0n) is 13.8. The standard InChI is InChI=1S/C20H21N3O/c1-14-7-10-19-22-17-9-8-16(11-18(17)23(19)13-14)20(24)21-12-15-5-3-2-4-6-15/h2-7,10,13,16H,8-9,11-12H2,1H3,(H,21,24). The van der Waals surface area contributed by atoms with Crippen molar-refractivity contribution in [1.29, 1.82) is 0 Å². The monoisotopic (exact) mass is 319 g/mol. The number of nitrogens with one attached hydrogen (secondary N) is 1. The van der Waals surface area contributed by atoms with Gasteiger partial charge in [0.1, 0.15) is 5.65 Å². The van der Waals surface area contributed by atoms with E-state index in [1.165, 1.54) is 11.3 Å². The number of carbonyl (C=O) groups excluding carboxylic acids is 1. The first-order valence-corrected chi connectivity index (χ1v) is 8.49. The highest BCUT2D eigenvalue weighted by Gasteiger charge is 2.27. The zero-order valence-corrected chi connectivity index (χ0v) is 13.8. The zero-order chi connectivity index (χ0) is 16.5. The highest BCUT2D eigenvalue weighted by molar-refractivity contribution is 5.79. The summed E-state index contributed by atoms with van der Waals surface area (Å²) in [5.41, 5.74) is 5.66. The van der Waals surface area contributed by atoms with Crippen molar-refractivity contribution >= 4 is 11.6 Å². The summed E-state index contributed by atoms with van der Waals surface area (Å²) >= 11 is 0. The van der Waals surface area contributed by atoms with Gasteiger partial charge in [-0.2, -0.15) is 0 Å². The van der Waals surface area contributed by atoms with Crippen molar-refractivity contribution in [2.75, 3.05) is 0 Å².